The summed E-state index contributed by atoms with van der Waals surface area (Å²) >= 11 is 0. The molecule has 2 aliphatic rings. The van der Waals surface area contributed by atoms with Crippen molar-refractivity contribution in [1.29, 1.82) is 0 Å². The van der Waals surface area contributed by atoms with Crippen molar-refractivity contribution in [2.45, 2.75) is 25.4 Å². The number of nitrogens with one attached hydrogen (secondary N) is 1. The first-order chi connectivity index (χ1) is 13.7. The van der Waals surface area contributed by atoms with Crippen LogP contribution in [0.4, 0.5) is 0 Å². The molecule has 1 aliphatic carbocycles. The van der Waals surface area contributed by atoms with Gasteiger partial charge in [0.25, 0.3) is 5.91 Å². The Morgan fingerprint density at radius 3 is 2.75 bits per heavy atom. The predicted molar refractivity (Wildman–Crippen MR) is 106 cm³/mol. The molecule has 1 amide bonds. The van der Waals surface area contributed by atoms with Crippen LogP contribution in [0.25, 0.3) is 0 Å². The maximum absolute atomic E-state index is 12.8. The molecule has 3 atom stereocenters. The Labute approximate surface area is 164 Å². The summed E-state index contributed by atoms with van der Waals surface area (Å²) in [6, 6.07) is 16.2. The fourth-order valence-electron chi connectivity index (χ4n) is 4.78. The van der Waals surface area contributed by atoms with Gasteiger partial charge in [0.05, 0.1) is 6.04 Å². The zero-order chi connectivity index (χ0) is 19.1. The van der Waals surface area contributed by atoms with Crippen molar-refractivity contribution in [3.63, 3.8) is 0 Å². The topological polar surface area (TPSA) is 58.4 Å². The molecule has 1 saturated heterocycles. The lowest BCUT2D eigenvalue weighted by molar-refractivity contribution is 0.0894. The minimum atomic E-state index is -0.140. The number of furan rings is 1. The third kappa shape index (κ3) is 3.02. The van der Waals surface area contributed by atoms with Crippen LogP contribution < -0.4 is 5.32 Å². The number of hydrogen-bond acceptors (Lipinski definition) is 4. The smallest absolute Gasteiger partial charge is 0.287 e. The Hall–Kier alpha value is -2.92. The first-order valence-electron chi connectivity index (χ1n) is 9.76. The van der Waals surface area contributed by atoms with Gasteiger partial charge < -0.3 is 9.73 Å². The fourth-order valence-corrected chi connectivity index (χ4v) is 4.78. The van der Waals surface area contributed by atoms with E-state index < -0.39 is 0 Å². The summed E-state index contributed by atoms with van der Waals surface area (Å²) in [5.74, 6) is 1.80. The van der Waals surface area contributed by atoms with Crippen LogP contribution in [-0.4, -0.2) is 28.9 Å². The SMILES string of the molecule is Cc1ccc(C(=O)N[C@@H]2c3ccccc3[C@@H]3CN(Cc4cccnc4)C[C@H]23)o1. The molecular weight excluding hydrogens is 350 g/mol. The quantitative estimate of drug-likeness (QED) is 0.758. The summed E-state index contributed by atoms with van der Waals surface area (Å²) < 4.78 is 5.53. The Bertz CT molecular complexity index is 998. The summed E-state index contributed by atoms with van der Waals surface area (Å²) in [5.41, 5.74) is 3.83. The molecule has 3 heterocycles. The predicted octanol–water partition coefficient (Wildman–Crippen LogP) is 3.68. The molecule has 0 saturated carbocycles. The Morgan fingerprint density at radius 1 is 1.14 bits per heavy atom. The average Bonchev–Trinajstić information content (AvgIpc) is 3.39. The zero-order valence-electron chi connectivity index (χ0n) is 15.8. The number of hydrogen-bond donors (Lipinski definition) is 1. The molecule has 0 bridgehead atoms. The number of aryl methyl sites for hydroxylation is 1. The average molecular weight is 373 g/mol. The number of carbonyl (C=O) groups excluding carboxylic acids is 1. The first-order valence-corrected chi connectivity index (χ1v) is 9.76. The molecule has 5 nitrogen and oxygen atoms in total. The number of likely N-dealkylation sites (tertiary alicyclic amines) is 1. The largest absolute Gasteiger partial charge is 0.456 e. The number of benzene rings is 1. The van der Waals surface area contributed by atoms with E-state index in [1.165, 1.54) is 16.7 Å². The zero-order valence-corrected chi connectivity index (χ0v) is 15.8. The van der Waals surface area contributed by atoms with Crippen LogP contribution in [0.1, 0.15) is 45.0 Å². The number of aromatic nitrogens is 1. The van der Waals surface area contributed by atoms with Gasteiger partial charge in [-0.25, -0.2) is 0 Å². The van der Waals surface area contributed by atoms with Crippen molar-refractivity contribution in [2.24, 2.45) is 5.92 Å². The Morgan fingerprint density at radius 2 is 2.00 bits per heavy atom. The van der Waals surface area contributed by atoms with Gasteiger partial charge in [-0.1, -0.05) is 30.3 Å². The van der Waals surface area contributed by atoms with Crippen molar-refractivity contribution in [3.05, 3.63) is 89.1 Å². The maximum atomic E-state index is 12.8. The lowest BCUT2D eigenvalue weighted by Crippen LogP contribution is -2.33. The Balaban J connectivity index is 1.39. The Kier molecular flexibility index (Phi) is 4.24. The van der Waals surface area contributed by atoms with Gasteiger partial charge in [-0.15, -0.1) is 0 Å². The second-order valence-corrected chi connectivity index (χ2v) is 7.82. The van der Waals surface area contributed by atoms with E-state index in [9.17, 15) is 4.79 Å². The lowest BCUT2D eigenvalue weighted by Gasteiger charge is -2.22. The van der Waals surface area contributed by atoms with Gasteiger partial charge >= 0.3 is 0 Å². The van der Waals surface area contributed by atoms with Gasteiger partial charge in [0.1, 0.15) is 5.76 Å². The van der Waals surface area contributed by atoms with Crippen molar-refractivity contribution < 1.29 is 9.21 Å². The second kappa shape index (κ2) is 6.91. The lowest BCUT2D eigenvalue weighted by atomic mass is 9.94. The van der Waals surface area contributed by atoms with Gasteiger partial charge in [0.2, 0.25) is 0 Å². The van der Waals surface area contributed by atoms with E-state index in [1.54, 1.807) is 12.3 Å². The van der Waals surface area contributed by atoms with Gasteiger partial charge in [-0.2, -0.15) is 0 Å². The minimum absolute atomic E-state index is 0.0120. The number of nitrogens with zero attached hydrogens (tertiary/aromatic N) is 2. The molecule has 5 rings (SSSR count). The molecule has 5 heteroatoms. The van der Waals surface area contributed by atoms with Crippen LogP contribution in [-0.2, 0) is 6.54 Å². The fraction of sp³-hybridized carbons (Fsp3) is 0.304. The number of pyridine rings is 1. The summed E-state index contributed by atoms with van der Waals surface area (Å²) in [5, 5.41) is 3.25. The van der Waals surface area contributed by atoms with E-state index in [0.717, 1.165) is 25.4 Å². The summed E-state index contributed by atoms with van der Waals surface area (Å²) in [6.45, 7) is 4.70. The van der Waals surface area contributed by atoms with E-state index in [-0.39, 0.29) is 11.9 Å². The number of fused-ring (bicyclic) bond motifs is 3. The van der Waals surface area contributed by atoms with E-state index in [4.69, 9.17) is 4.42 Å². The third-order valence-corrected chi connectivity index (χ3v) is 5.98. The highest BCUT2D eigenvalue weighted by Gasteiger charge is 2.46. The molecule has 1 N–H and O–H groups in total. The van der Waals surface area contributed by atoms with Gasteiger partial charge in [0.15, 0.2) is 5.76 Å². The maximum Gasteiger partial charge on any atom is 0.287 e. The highest BCUT2D eigenvalue weighted by Crippen LogP contribution is 2.49. The molecule has 0 unspecified atom stereocenters. The highest BCUT2D eigenvalue weighted by atomic mass is 16.3. The van der Waals surface area contributed by atoms with E-state index in [2.05, 4.69) is 45.5 Å². The number of rotatable bonds is 4. The van der Waals surface area contributed by atoms with Crippen LogP contribution in [0.5, 0.6) is 0 Å². The van der Waals surface area contributed by atoms with Crippen LogP contribution in [0, 0.1) is 12.8 Å². The molecule has 1 fully saturated rings. The molecule has 1 aromatic carbocycles. The van der Waals surface area contributed by atoms with Crippen LogP contribution in [0.2, 0.25) is 0 Å². The van der Waals surface area contributed by atoms with Crippen molar-refractivity contribution >= 4 is 5.91 Å². The van der Waals surface area contributed by atoms with Crippen molar-refractivity contribution in [2.75, 3.05) is 13.1 Å². The van der Waals surface area contributed by atoms with Crippen molar-refractivity contribution in [3.8, 4) is 0 Å². The standard InChI is InChI=1S/C23H23N3O2/c1-15-8-9-21(28-15)23(27)25-22-18-7-3-2-6-17(18)19-13-26(14-20(19)22)12-16-5-4-10-24-11-16/h2-11,19-20,22H,12-14H2,1H3,(H,25,27)/t19-,20-,22+/m0/s1. The van der Waals surface area contributed by atoms with Crippen LogP contribution in [0.15, 0.2) is 65.3 Å². The summed E-state index contributed by atoms with van der Waals surface area (Å²) in [7, 11) is 0. The van der Waals surface area contributed by atoms with E-state index in [1.807, 2.05) is 25.3 Å². The van der Waals surface area contributed by atoms with Crippen LogP contribution >= 0.6 is 0 Å². The van der Waals surface area contributed by atoms with E-state index in [0.29, 0.717) is 17.6 Å². The van der Waals surface area contributed by atoms with Gasteiger partial charge in [-0.05, 0) is 41.8 Å². The first kappa shape index (κ1) is 17.2. The molecule has 1 aliphatic heterocycles. The molecule has 28 heavy (non-hydrogen) atoms. The molecule has 0 spiro atoms. The normalized spacial score (nSPS) is 23.4. The minimum Gasteiger partial charge on any atom is -0.456 e. The van der Waals surface area contributed by atoms with Gasteiger partial charge in [-0.3, -0.25) is 14.7 Å². The molecule has 142 valence electrons. The van der Waals surface area contributed by atoms with Crippen LogP contribution in [0.3, 0.4) is 0 Å². The summed E-state index contributed by atoms with van der Waals surface area (Å²) in [4.78, 5) is 19.5. The van der Waals surface area contributed by atoms with E-state index >= 15 is 0 Å². The molecule has 0 radical (unpaired) electrons. The number of carbonyl (C=O) groups is 1. The van der Waals surface area contributed by atoms with Gasteiger partial charge in [0, 0.05) is 43.9 Å². The second-order valence-electron chi connectivity index (χ2n) is 7.82. The monoisotopic (exact) mass is 373 g/mol. The van der Waals surface area contributed by atoms with Crippen molar-refractivity contribution in [1.82, 2.24) is 15.2 Å². The molecular formula is C23H23N3O2. The summed E-state index contributed by atoms with van der Waals surface area (Å²) in [6.07, 6.45) is 3.74. The highest BCUT2D eigenvalue weighted by molar-refractivity contribution is 5.92. The third-order valence-electron chi connectivity index (χ3n) is 5.98. The molecule has 3 aromatic rings. The molecule has 2 aromatic heterocycles. The number of amides is 1.